The number of H-pyrrole nitrogens is 1. The topological polar surface area (TPSA) is 50.2 Å². The Morgan fingerprint density at radius 3 is 2.65 bits per heavy atom. The van der Waals surface area contributed by atoms with Crippen LogP contribution < -0.4 is 5.56 Å². The summed E-state index contributed by atoms with van der Waals surface area (Å²) in [4.78, 5) is 22.5. The third kappa shape index (κ3) is 1.77. The first-order valence-electron chi connectivity index (χ1n) is 7.29. The van der Waals surface area contributed by atoms with Crippen molar-refractivity contribution in [3.63, 3.8) is 0 Å². The summed E-state index contributed by atoms with van der Waals surface area (Å²) in [6.07, 6.45) is 1.87. The molecule has 0 aliphatic heterocycles. The van der Waals surface area contributed by atoms with E-state index in [0.717, 1.165) is 26.9 Å². The van der Waals surface area contributed by atoms with Gasteiger partial charge in [0.25, 0.3) is 5.56 Å². The quantitative estimate of drug-likeness (QED) is 0.507. The van der Waals surface area contributed by atoms with Crippen molar-refractivity contribution in [3.8, 4) is 10.4 Å². The van der Waals surface area contributed by atoms with E-state index in [2.05, 4.69) is 4.98 Å². The standard InChI is InChI=1S/C18H11N3OS/c22-17-16-15(12-8-4-5-9-13(12)19-16)20-18-21(17)10-14(23-18)11-6-2-1-3-7-11/h1-10,19H. The highest BCUT2D eigenvalue weighted by molar-refractivity contribution is 7.20. The number of benzene rings is 2. The number of rotatable bonds is 1. The van der Waals surface area contributed by atoms with Crippen LogP contribution in [0.5, 0.6) is 0 Å². The van der Waals surface area contributed by atoms with Gasteiger partial charge in [0, 0.05) is 17.1 Å². The molecule has 110 valence electrons. The molecule has 0 saturated heterocycles. The second kappa shape index (κ2) is 4.54. The van der Waals surface area contributed by atoms with Gasteiger partial charge in [-0.05, 0) is 11.6 Å². The van der Waals surface area contributed by atoms with E-state index in [1.165, 1.54) is 11.3 Å². The van der Waals surface area contributed by atoms with Crippen molar-refractivity contribution in [2.24, 2.45) is 0 Å². The van der Waals surface area contributed by atoms with Gasteiger partial charge in [0.05, 0.1) is 4.88 Å². The van der Waals surface area contributed by atoms with Gasteiger partial charge in [0.2, 0.25) is 0 Å². The maximum Gasteiger partial charge on any atom is 0.282 e. The van der Waals surface area contributed by atoms with Gasteiger partial charge in [0.1, 0.15) is 11.0 Å². The van der Waals surface area contributed by atoms with Crippen LogP contribution in [-0.4, -0.2) is 14.4 Å². The zero-order valence-electron chi connectivity index (χ0n) is 12.0. The highest BCUT2D eigenvalue weighted by atomic mass is 32.1. The van der Waals surface area contributed by atoms with E-state index in [1.54, 1.807) is 4.40 Å². The zero-order valence-corrected chi connectivity index (χ0v) is 12.8. The fourth-order valence-electron chi connectivity index (χ4n) is 2.92. The summed E-state index contributed by atoms with van der Waals surface area (Å²) in [5.74, 6) is 0. The molecule has 23 heavy (non-hydrogen) atoms. The average Bonchev–Trinajstić information content (AvgIpc) is 3.18. The van der Waals surface area contributed by atoms with Gasteiger partial charge >= 0.3 is 0 Å². The molecule has 5 heteroatoms. The van der Waals surface area contributed by atoms with Crippen molar-refractivity contribution in [2.75, 3.05) is 0 Å². The summed E-state index contributed by atoms with van der Waals surface area (Å²) in [5.41, 5.74) is 3.28. The Labute approximate surface area is 134 Å². The van der Waals surface area contributed by atoms with Gasteiger partial charge in [-0.3, -0.25) is 9.20 Å². The zero-order chi connectivity index (χ0) is 15.4. The lowest BCUT2D eigenvalue weighted by atomic mass is 10.2. The summed E-state index contributed by atoms with van der Waals surface area (Å²) in [5, 5.41) is 0.983. The van der Waals surface area contributed by atoms with Gasteiger partial charge in [-0.2, -0.15) is 0 Å². The van der Waals surface area contributed by atoms with E-state index < -0.39 is 0 Å². The van der Waals surface area contributed by atoms with E-state index in [9.17, 15) is 4.79 Å². The fourth-order valence-corrected chi connectivity index (χ4v) is 3.90. The molecule has 0 radical (unpaired) electrons. The Balaban J connectivity index is 1.89. The predicted molar refractivity (Wildman–Crippen MR) is 94.1 cm³/mol. The normalized spacial score (nSPS) is 11.7. The summed E-state index contributed by atoms with van der Waals surface area (Å²) < 4.78 is 1.63. The smallest absolute Gasteiger partial charge is 0.282 e. The Morgan fingerprint density at radius 2 is 1.78 bits per heavy atom. The van der Waals surface area contributed by atoms with Crippen molar-refractivity contribution in [1.29, 1.82) is 0 Å². The molecule has 0 atom stereocenters. The van der Waals surface area contributed by atoms with E-state index in [0.29, 0.717) is 10.5 Å². The molecule has 0 bridgehead atoms. The first-order chi connectivity index (χ1) is 11.3. The number of fused-ring (bicyclic) bond motifs is 4. The molecule has 0 aliphatic rings. The Morgan fingerprint density at radius 1 is 1.00 bits per heavy atom. The number of nitrogens with zero attached hydrogens (tertiary/aromatic N) is 2. The molecule has 5 rings (SSSR count). The molecular weight excluding hydrogens is 306 g/mol. The molecule has 3 aromatic heterocycles. The minimum Gasteiger partial charge on any atom is -0.349 e. The number of para-hydroxylation sites is 1. The van der Waals surface area contributed by atoms with Crippen molar-refractivity contribution in [3.05, 3.63) is 71.1 Å². The summed E-state index contributed by atoms with van der Waals surface area (Å²) >= 11 is 1.53. The van der Waals surface area contributed by atoms with Crippen molar-refractivity contribution < 1.29 is 0 Å². The third-order valence-electron chi connectivity index (χ3n) is 4.03. The molecule has 0 saturated carbocycles. The van der Waals surface area contributed by atoms with Crippen LogP contribution in [-0.2, 0) is 0 Å². The van der Waals surface area contributed by atoms with Gasteiger partial charge < -0.3 is 4.98 Å². The molecular formula is C18H11N3OS. The number of aromatic nitrogens is 3. The Hall–Kier alpha value is -2.92. The van der Waals surface area contributed by atoms with Crippen LogP contribution in [0.4, 0.5) is 0 Å². The maximum atomic E-state index is 12.8. The van der Waals surface area contributed by atoms with E-state index in [-0.39, 0.29) is 5.56 Å². The van der Waals surface area contributed by atoms with Crippen LogP contribution in [0.1, 0.15) is 0 Å². The maximum absolute atomic E-state index is 12.8. The SMILES string of the molecule is O=c1c2[nH]c3ccccc3c2nc2sc(-c3ccccc3)cn12. The van der Waals surface area contributed by atoms with Crippen LogP contribution in [0, 0.1) is 0 Å². The second-order valence-electron chi connectivity index (χ2n) is 5.43. The minimum absolute atomic E-state index is 0.0559. The second-order valence-corrected chi connectivity index (χ2v) is 6.43. The third-order valence-corrected chi connectivity index (χ3v) is 5.06. The summed E-state index contributed by atoms with van der Waals surface area (Å²) in [7, 11) is 0. The van der Waals surface area contributed by atoms with Gasteiger partial charge in [-0.25, -0.2) is 4.98 Å². The Kier molecular flexibility index (Phi) is 2.49. The molecule has 2 aromatic carbocycles. The number of hydrogen-bond acceptors (Lipinski definition) is 3. The largest absolute Gasteiger partial charge is 0.349 e. The lowest BCUT2D eigenvalue weighted by molar-refractivity contribution is 1.11. The molecule has 5 aromatic rings. The van der Waals surface area contributed by atoms with Crippen molar-refractivity contribution >= 4 is 38.2 Å². The first kappa shape index (κ1) is 12.6. The summed E-state index contributed by atoms with van der Waals surface area (Å²) in [6, 6.07) is 17.9. The molecule has 0 spiro atoms. The first-order valence-corrected chi connectivity index (χ1v) is 8.11. The lowest BCUT2D eigenvalue weighted by Crippen LogP contribution is -2.12. The Bertz CT molecular complexity index is 1230. The van der Waals surface area contributed by atoms with Gasteiger partial charge in [-0.15, -0.1) is 0 Å². The highest BCUT2D eigenvalue weighted by Crippen LogP contribution is 2.29. The van der Waals surface area contributed by atoms with Crippen LogP contribution in [0.15, 0.2) is 65.6 Å². The number of aromatic amines is 1. The molecule has 0 unspecified atom stereocenters. The minimum atomic E-state index is -0.0559. The predicted octanol–water partition coefficient (Wildman–Crippen LogP) is 4.06. The van der Waals surface area contributed by atoms with E-state index in [4.69, 9.17) is 4.98 Å². The van der Waals surface area contributed by atoms with Crippen molar-refractivity contribution in [2.45, 2.75) is 0 Å². The van der Waals surface area contributed by atoms with Crippen LogP contribution in [0.25, 0.3) is 37.3 Å². The molecule has 0 amide bonds. The molecule has 0 aliphatic carbocycles. The molecule has 1 N–H and O–H groups in total. The van der Waals surface area contributed by atoms with Crippen LogP contribution in [0.2, 0.25) is 0 Å². The van der Waals surface area contributed by atoms with Gasteiger partial charge in [-0.1, -0.05) is 59.9 Å². The monoisotopic (exact) mass is 317 g/mol. The van der Waals surface area contributed by atoms with Crippen molar-refractivity contribution in [1.82, 2.24) is 14.4 Å². The fraction of sp³-hybridized carbons (Fsp3) is 0. The van der Waals surface area contributed by atoms with Crippen LogP contribution in [0.3, 0.4) is 0 Å². The number of thiazole rings is 1. The van der Waals surface area contributed by atoms with E-state index >= 15 is 0 Å². The average molecular weight is 317 g/mol. The number of hydrogen-bond donors (Lipinski definition) is 1. The molecule has 4 nitrogen and oxygen atoms in total. The number of nitrogens with one attached hydrogen (secondary N) is 1. The highest BCUT2D eigenvalue weighted by Gasteiger charge is 2.14. The van der Waals surface area contributed by atoms with Gasteiger partial charge in [0.15, 0.2) is 4.96 Å². The lowest BCUT2D eigenvalue weighted by Gasteiger charge is -1.93. The van der Waals surface area contributed by atoms with E-state index in [1.807, 2.05) is 60.8 Å². The molecule has 0 fully saturated rings. The van der Waals surface area contributed by atoms with Crippen LogP contribution >= 0.6 is 11.3 Å². The summed E-state index contributed by atoms with van der Waals surface area (Å²) in [6.45, 7) is 0. The molecule has 3 heterocycles.